The first kappa shape index (κ1) is 14.7. The van der Waals surface area contributed by atoms with Gasteiger partial charge in [-0.3, -0.25) is 0 Å². The van der Waals surface area contributed by atoms with Crippen molar-refractivity contribution in [1.29, 1.82) is 0 Å². The lowest BCUT2D eigenvalue weighted by Gasteiger charge is -2.05. The van der Waals surface area contributed by atoms with Gasteiger partial charge in [0, 0.05) is 25.4 Å². The maximum Gasteiger partial charge on any atom is 0.209 e. The Hall–Kier alpha value is -0.660. The fourth-order valence-corrected chi connectivity index (χ4v) is 2.50. The minimum atomic E-state index is 0.553. The molecule has 1 heterocycles. The number of hydrogen-bond donors (Lipinski definition) is 1. The quantitative estimate of drug-likeness (QED) is 0.491. The first-order chi connectivity index (χ1) is 9.42. The molecular weight excluding hydrogens is 262 g/mol. The molecule has 1 aromatic rings. The number of rotatable bonds is 11. The fourth-order valence-electron chi connectivity index (χ4n) is 1.66. The average Bonchev–Trinajstić information content (AvgIpc) is 3.16. The minimum Gasteiger partial charge on any atom is -0.380 e. The molecule has 2 rings (SSSR count). The third-order valence-electron chi connectivity index (χ3n) is 2.93. The predicted octanol–water partition coefficient (Wildman–Crippen LogP) is 1.51. The number of thioether (sulfide) groups is 1. The molecule has 0 radical (unpaired) electrons. The highest BCUT2D eigenvalue weighted by Gasteiger charge is 2.27. The Kier molecular flexibility index (Phi) is 6.59. The molecule has 19 heavy (non-hydrogen) atoms. The Balaban J connectivity index is 1.46. The van der Waals surface area contributed by atoms with Gasteiger partial charge < -0.3 is 10.1 Å². The summed E-state index contributed by atoms with van der Waals surface area (Å²) in [4.78, 5) is 0. The van der Waals surface area contributed by atoms with E-state index in [-0.39, 0.29) is 0 Å². The summed E-state index contributed by atoms with van der Waals surface area (Å²) in [5, 5.41) is 16.1. The van der Waals surface area contributed by atoms with Gasteiger partial charge in [-0.05, 0) is 29.7 Å². The highest BCUT2D eigenvalue weighted by atomic mass is 32.2. The molecule has 1 aromatic heterocycles. The van der Waals surface area contributed by atoms with E-state index in [2.05, 4.69) is 27.8 Å². The minimum absolute atomic E-state index is 0.553. The highest BCUT2D eigenvalue weighted by Crippen LogP contribution is 2.36. The van der Waals surface area contributed by atoms with Crippen molar-refractivity contribution in [3.63, 3.8) is 0 Å². The van der Waals surface area contributed by atoms with Gasteiger partial charge in [0.2, 0.25) is 5.16 Å². The zero-order valence-corrected chi connectivity index (χ0v) is 12.4. The van der Waals surface area contributed by atoms with Gasteiger partial charge in [-0.25, -0.2) is 4.68 Å². The molecule has 1 aliphatic carbocycles. The molecule has 0 spiro atoms. The van der Waals surface area contributed by atoms with Crippen molar-refractivity contribution in [2.45, 2.75) is 43.8 Å². The summed E-state index contributed by atoms with van der Waals surface area (Å²) in [6.07, 6.45) is 4.78. The van der Waals surface area contributed by atoms with Gasteiger partial charge in [-0.15, -0.1) is 5.10 Å². The monoisotopic (exact) mass is 285 g/mol. The Morgan fingerprint density at radius 1 is 1.37 bits per heavy atom. The average molecular weight is 285 g/mol. The van der Waals surface area contributed by atoms with Crippen LogP contribution < -0.4 is 5.32 Å². The molecule has 0 atom stereocenters. The first-order valence-electron chi connectivity index (χ1n) is 7.11. The summed E-state index contributed by atoms with van der Waals surface area (Å²) in [7, 11) is 0. The number of nitrogens with one attached hydrogen (secondary N) is 1. The zero-order chi connectivity index (χ0) is 13.3. The molecule has 1 saturated carbocycles. The topological polar surface area (TPSA) is 64.9 Å². The van der Waals surface area contributed by atoms with Crippen LogP contribution in [0.1, 0.15) is 38.6 Å². The largest absolute Gasteiger partial charge is 0.380 e. The van der Waals surface area contributed by atoms with E-state index in [0.717, 1.165) is 43.6 Å². The lowest BCUT2D eigenvalue weighted by Crippen LogP contribution is -2.22. The van der Waals surface area contributed by atoms with Gasteiger partial charge in [-0.2, -0.15) is 0 Å². The lowest BCUT2D eigenvalue weighted by molar-refractivity contribution is 0.133. The van der Waals surface area contributed by atoms with E-state index in [4.69, 9.17) is 4.74 Å². The third kappa shape index (κ3) is 5.46. The van der Waals surface area contributed by atoms with Crippen LogP contribution in [0.5, 0.6) is 0 Å². The second-order valence-corrected chi connectivity index (χ2v) is 5.76. The van der Waals surface area contributed by atoms with Gasteiger partial charge in [0.15, 0.2) is 0 Å². The smallest absolute Gasteiger partial charge is 0.209 e. The Labute approximate surface area is 118 Å². The molecule has 0 aliphatic heterocycles. The van der Waals surface area contributed by atoms with Crippen LogP contribution in [-0.2, 0) is 4.74 Å². The maximum absolute atomic E-state index is 5.48. The standard InChI is InChI=1S/C12H23N5OS/c1-2-3-8-18-9-6-13-7-10-19-12-14-15-16-17(12)11-4-5-11/h11,13H,2-10H2,1H3. The molecule has 1 fully saturated rings. The van der Waals surface area contributed by atoms with Crippen LogP contribution in [0.2, 0.25) is 0 Å². The Morgan fingerprint density at radius 3 is 3.05 bits per heavy atom. The zero-order valence-electron chi connectivity index (χ0n) is 11.5. The molecule has 7 heteroatoms. The van der Waals surface area contributed by atoms with E-state index in [1.807, 2.05) is 4.68 Å². The number of aromatic nitrogens is 4. The molecule has 108 valence electrons. The first-order valence-corrected chi connectivity index (χ1v) is 8.09. The van der Waals surface area contributed by atoms with Crippen molar-refractivity contribution < 1.29 is 4.74 Å². The Bertz CT molecular complexity index is 356. The SMILES string of the molecule is CCCCOCCNCCSc1nnnn1C1CC1. The van der Waals surface area contributed by atoms with E-state index >= 15 is 0 Å². The van der Waals surface area contributed by atoms with Gasteiger partial charge in [-0.1, -0.05) is 25.1 Å². The summed E-state index contributed by atoms with van der Waals surface area (Å²) in [6.45, 7) is 5.72. The van der Waals surface area contributed by atoms with Gasteiger partial charge in [0.05, 0.1) is 12.6 Å². The molecular formula is C12H23N5OS. The van der Waals surface area contributed by atoms with Crippen molar-refractivity contribution in [3.05, 3.63) is 0 Å². The van der Waals surface area contributed by atoms with E-state index in [1.165, 1.54) is 19.3 Å². The van der Waals surface area contributed by atoms with Crippen molar-refractivity contribution in [2.75, 3.05) is 32.1 Å². The Morgan fingerprint density at radius 2 is 2.26 bits per heavy atom. The van der Waals surface area contributed by atoms with Crippen molar-refractivity contribution >= 4 is 11.8 Å². The number of hydrogen-bond acceptors (Lipinski definition) is 6. The number of ether oxygens (including phenoxy) is 1. The summed E-state index contributed by atoms with van der Waals surface area (Å²) >= 11 is 1.72. The van der Waals surface area contributed by atoms with Crippen LogP contribution in [0, 0.1) is 0 Å². The molecule has 0 amide bonds. The van der Waals surface area contributed by atoms with Gasteiger partial charge >= 0.3 is 0 Å². The molecule has 1 aliphatic rings. The normalized spacial score (nSPS) is 15.0. The van der Waals surface area contributed by atoms with Crippen molar-refractivity contribution in [3.8, 4) is 0 Å². The van der Waals surface area contributed by atoms with E-state index in [0.29, 0.717) is 6.04 Å². The van der Waals surface area contributed by atoms with Gasteiger partial charge in [0.1, 0.15) is 0 Å². The summed E-state index contributed by atoms with van der Waals surface area (Å²) in [6, 6.07) is 0.553. The van der Waals surface area contributed by atoms with E-state index < -0.39 is 0 Å². The predicted molar refractivity (Wildman–Crippen MR) is 75.4 cm³/mol. The van der Waals surface area contributed by atoms with Crippen molar-refractivity contribution in [2.24, 2.45) is 0 Å². The summed E-state index contributed by atoms with van der Waals surface area (Å²) in [5.74, 6) is 0.988. The molecule has 1 N–H and O–H groups in total. The van der Waals surface area contributed by atoms with E-state index in [1.54, 1.807) is 11.8 Å². The number of unbranched alkanes of at least 4 members (excludes halogenated alkanes) is 1. The van der Waals surface area contributed by atoms with Crippen LogP contribution in [0.3, 0.4) is 0 Å². The van der Waals surface area contributed by atoms with Crippen LogP contribution in [0.25, 0.3) is 0 Å². The molecule has 0 unspecified atom stereocenters. The highest BCUT2D eigenvalue weighted by molar-refractivity contribution is 7.99. The third-order valence-corrected chi connectivity index (χ3v) is 3.87. The number of nitrogens with zero attached hydrogens (tertiary/aromatic N) is 4. The second kappa shape index (κ2) is 8.50. The van der Waals surface area contributed by atoms with Crippen LogP contribution in [-0.4, -0.2) is 52.3 Å². The molecule has 0 aromatic carbocycles. The molecule has 6 nitrogen and oxygen atoms in total. The summed E-state index contributed by atoms with van der Waals surface area (Å²) < 4.78 is 7.44. The summed E-state index contributed by atoms with van der Waals surface area (Å²) in [5.41, 5.74) is 0. The second-order valence-electron chi connectivity index (χ2n) is 4.70. The number of tetrazole rings is 1. The molecule has 0 bridgehead atoms. The van der Waals surface area contributed by atoms with Crippen LogP contribution in [0.15, 0.2) is 5.16 Å². The molecule has 0 saturated heterocycles. The van der Waals surface area contributed by atoms with Crippen LogP contribution in [0.4, 0.5) is 0 Å². The van der Waals surface area contributed by atoms with E-state index in [9.17, 15) is 0 Å². The van der Waals surface area contributed by atoms with Gasteiger partial charge in [0.25, 0.3) is 0 Å². The fraction of sp³-hybridized carbons (Fsp3) is 0.917. The lowest BCUT2D eigenvalue weighted by atomic mass is 10.4. The van der Waals surface area contributed by atoms with Crippen LogP contribution >= 0.6 is 11.8 Å². The maximum atomic E-state index is 5.48. The van der Waals surface area contributed by atoms with Crippen molar-refractivity contribution in [1.82, 2.24) is 25.5 Å².